The average molecular weight is 212 g/mol. The summed E-state index contributed by atoms with van der Waals surface area (Å²) in [5.74, 6) is 0.740. The van der Waals surface area contributed by atoms with Crippen molar-refractivity contribution in [3.63, 3.8) is 0 Å². The van der Waals surface area contributed by atoms with Crippen LogP contribution in [0.2, 0.25) is 0 Å². The van der Waals surface area contributed by atoms with Gasteiger partial charge in [-0.3, -0.25) is 0 Å². The highest BCUT2D eigenvalue weighted by Crippen LogP contribution is 2.19. The van der Waals surface area contributed by atoms with E-state index in [1.54, 1.807) is 0 Å². The molecule has 0 saturated heterocycles. The van der Waals surface area contributed by atoms with Crippen LogP contribution in [-0.4, -0.2) is 5.37 Å². The van der Waals surface area contributed by atoms with Gasteiger partial charge in [-0.1, -0.05) is 70.0 Å². The molecule has 82 valence electrons. The molecule has 0 radical (unpaired) electrons. The maximum atomic E-state index is 5.09. The lowest BCUT2D eigenvalue weighted by molar-refractivity contribution is 0.471. The predicted molar refractivity (Wildman–Crippen MR) is 67.9 cm³/mol. The zero-order chi connectivity index (χ0) is 10.1. The van der Waals surface area contributed by atoms with Gasteiger partial charge < -0.3 is 0 Å². The monoisotopic (exact) mass is 212 g/mol. The Balaban J connectivity index is 2.20. The zero-order valence-electron chi connectivity index (χ0n) is 9.34. The third-order valence-corrected chi connectivity index (χ3v) is 3.73. The van der Waals surface area contributed by atoms with Gasteiger partial charge in [-0.05, 0) is 24.1 Å². The number of rotatable bonds is 1. The topological polar surface area (TPSA) is 0 Å². The summed E-state index contributed by atoms with van der Waals surface area (Å²) >= 11 is 5.09. The second-order valence-electron chi connectivity index (χ2n) is 4.66. The van der Waals surface area contributed by atoms with Crippen LogP contribution in [0.25, 0.3) is 0 Å². The Labute approximate surface area is 94.5 Å². The Morgan fingerprint density at radius 3 is 1.36 bits per heavy atom. The van der Waals surface area contributed by atoms with E-state index in [2.05, 4.69) is 0 Å². The van der Waals surface area contributed by atoms with Crippen molar-refractivity contribution in [1.82, 2.24) is 0 Å². The van der Waals surface area contributed by atoms with E-state index in [9.17, 15) is 0 Å². The molecule has 0 heterocycles. The third-order valence-electron chi connectivity index (χ3n) is 3.34. The molecule has 0 nitrogen and oxygen atoms in total. The van der Waals surface area contributed by atoms with Gasteiger partial charge in [0.25, 0.3) is 0 Å². The summed E-state index contributed by atoms with van der Waals surface area (Å²) in [6, 6.07) is 0. The quantitative estimate of drug-likeness (QED) is 0.557. The maximum absolute atomic E-state index is 5.09. The molecule has 14 heavy (non-hydrogen) atoms. The fourth-order valence-corrected chi connectivity index (χ4v) is 2.60. The van der Waals surface area contributed by atoms with Crippen molar-refractivity contribution < 1.29 is 0 Å². The van der Waals surface area contributed by atoms with Crippen molar-refractivity contribution in [2.24, 2.45) is 5.92 Å². The van der Waals surface area contributed by atoms with Gasteiger partial charge >= 0.3 is 0 Å². The first-order chi connectivity index (χ1) is 6.93. The fraction of sp³-hybridized carbons (Fsp3) is 0.923. The van der Waals surface area contributed by atoms with Gasteiger partial charge in [-0.15, -0.1) is 0 Å². The summed E-state index contributed by atoms with van der Waals surface area (Å²) in [5, 5.41) is 2.02. The summed E-state index contributed by atoms with van der Waals surface area (Å²) in [7, 11) is 0. The lowest BCUT2D eigenvalue weighted by Crippen LogP contribution is -2.01. The molecule has 1 saturated carbocycles. The van der Waals surface area contributed by atoms with Crippen LogP contribution >= 0.6 is 12.2 Å². The summed E-state index contributed by atoms with van der Waals surface area (Å²) in [6.07, 6.45) is 15.7. The predicted octanol–water partition coefficient (Wildman–Crippen LogP) is 4.91. The molecule has 1 rings (SSSR count). The van der Waals surface area contributed by atoms with Gasteiger partial charge in [0, 0.05) is 0 Å². The van der Waals surface area contributed by atoms with Crippen molar-refractivity contribution in [1.29, 1.82) is 0 Å². The molecule has 0 aromatic rings. The molecular formula is C13H24S. The Bertz CT molecular complexity index is 130. The molecule has 1 aliphatic rings. The minimum atomic E-state index is 0.740. The molecule has 0 aromatic carbocycles. The van der Waals surface area contributed by atoms with Crippen molar-refractivity contribution in [2.45, 2.75) is 70.6 Å². The van der Waals surface area contributed by atoms with E-state index in [-0.39, 0.29) is 0 Å². The average Bonchev–Trinajstić information content (AvgIpc) is 2.19. The zero-order valence-corrected chi connectivity index (χ0v) is 10.2. The first-order valence-corrected chi connectivity index (χ1v) is 6.86. The second kappa shape index (κ2) is 8.40. The molecule has 0 bridgehead atoms. The van der Waals surface area contributed by atoms with Gasteiger partial charge in [0.05, 0.1) is 0 Å². The van der Waals surface area contributed by atoms with E-state index in [4.69, 9.17) is 12.2 Å². The summed E-state index contributed by atoms with van der Waals surface area (Å²) in [4.78, 5) is 0. The highest BCUT2D eigenvalue weighted by molar-refractivity contribution is 7.79. The van der Waals surface area contributed by atoms with Gasteiger partial charge in [0.15, 0.2) is 0 Å². The number of hydrogen-bond acceptors (Lipinski definition) is 1. The molecule has 1 fully saturated rings. The second-order valence-corrected chi connectivity index (χ2v) is 4.93. The summed E-state index contributed by atoms with van der Waals surface area (Å²) in [6.45, 7) is 0. The van der Waals surface area contributed by atoms with Crippen LogP contribution in [0.5, 0.6) is 0 Å². The third kappa shape index (κ3) is 5.74. The van der Waals surface area contributed by atoms with Gasteiger partial charge in [-0.25, -0.2) is 0 Å². The van der Waals surface area contributed by atoms with E-state index < -0.39 is 0 Å². The van der Waals surface area contributed by atoms with E-state index >= 15 is 0 Å². The SMILES string of the molecule is S=CC1CCCCCCCCCCC1. The maximum Gasteiger partial charge on any atom is -0.0128 e. The smallest absolute Gasteiger partial charge is 0.0128 e. The van der Waals surface area contributed by atoms with Crippen molar-refractivity contribution in [3.8, 4) is 0 Å². The van der Waals surface area contributed by atoms with Crippen LogP contribution in [0.15, 0.2) is 0 Å². The van der Waals surface area contributed by atoms with E-state index in [1.807, 2.05) is 5.37 Å². The van der Waals surface area contributed by atoms with Crippen LogP contribution < -0.4 is 0 Å². The van der Waals surface area contributed by atoms with Crippen molar-refractivity contribution in [2.75, 3.05) is 0 Å². The van der Waals surface area contributed by atoms with Gasteiger partial charge in [0.2, 0.25) is 0 Å². The molecule has 1 aliphatic carbocycles. The van der Waals surface area contributed by atoms with Crippen LogP contribution in [0.3, 0.4) is 0 Å². The van der Waals surface area contributed by atoms with Crippen LogP contribution in [0.1, 0.15) is 70.6 Å². The Morgan fingerprint density at radius 2 is 1.00 bits per heavy atom. The van der Waals surface area contributed by atoms with Crippen LogP contribution in [-0.2, 0) is 0 Å². The number of thiocarbonyl (C=S) groups is 1. The standard InChI is InChI=1S/C13H24S/c14-12-13-10-8-6-4-2-1-3-5-7-9-11-13/h12-13H,1-11H2. The molecular weight excluding hydrogens is 188 g/mol. The first-order valence-electron chi connectivity index (χ1n) is 6.39. The molecule has 0 aromatic heterocycles. The largest absolute Gasteiger partial charge is 0.0932 e. The van der Waals surface area contributed by atoms with Crippen LogP contribution in [0.4, 0.5) is 0 Å². The minimum absolute atomic E-state index is 0.740. The summed E-state index contributed by atoms with van der Waals surface area (Å²) < 4.78 is 0. The molecule has 0 N–H and O–H groups in total. The number of hydrogen-bond donors (Lipinski definition) is 0. The first kappa shape index (κ1) is 12.2. The highest BCUT2D eigenvalue weighted by Gasteiger charge is 2.05. The lowest BCUT2D eigenvalue weighted by atomic mass is 9.94. The van der Waals surface area contributed by atoms with Crippen molar-refractivity contribution in [3.05, 3.63) is 0 Å². The molecule has 0 aliphatic heterocycles. The van der Waals surface area contributed by atoms with Crippen LogP contribution in [0, 0.1) is 5.92 Å². The summed E-state index contributed by atoms with van der Waals surface area (Å²) in [5.41, 5.74) is 0. The van der Waals surface area contributed by atoms with E-state index in [0.717, 1.165) is 5.92 Å². The van der Waals surface area contributed by atoms with Gasteiger partial charge in [0.1, 0.15) is 0 Å². The van der Waals surface area contributed by atoms with E-state index in [0.29, 0.717) is 0 Å². The van der Waals surface area contributed by atoms with Gasteiger partial charge in [-0.2, -0.15) is 0 Å². The van der Waals surface area contributed by atoms with E-state index in [1.165, 1.54) is 70.6 Å². The molecule has 0 spiro atoms. The fourth-order valence-electron chi connectivity index (χ4n) is 2.33. The lowest BCUT2D eigenvalue weighted by Gasteiger charge is -2.12. The minimum Gasteiger partial charge on any atom is -0.0932 e. The molecule has 0 amide bonds. The normalized spacial score (nSPS) is 23.4. The Hall–Kier alpha value is 0.0900. The molecule has 1 heteroatoms. The molecule has 0 unspecified atom stereocenters. The Morgan fingerprint density at radius 1 is 0.643 bits per heavy atom. The molecule has 0 atom stereocenters. The highest BCUT2D eigenvalue weighted by atomic mass is 32.1. The Kier molecular flexibility index (Phi) is 7.30. The van der Waals surface area contributed by atoms with Crippen molar-refractivity contribution >= 4 is 17.6 Å².